The molecule has 120 valence electrons. The number of fused-ring (bicyclic) bond motifs is 1. The predicted molar refractivity (Wildman–Crippen MR) is 91.2 cm³/mol. The molecule has 0 aliphatic carbocycles. The molecule has 0 aliphatic heterocycles. The first-order valence-corrected chi connectivity index (χ1v) is 8.34. The summed E-state index contributed by atoms with van der Waals surface area (Å²) in [6.45, 7) is 6.14. The van der Waals surface area contributed by atoms with E-state index in [-0.39, 0.29) is 16.7 Å². The van der Waals surface area contributed by atoms with E-state index >= 15 is 0 Å². The van der Waals surface area contributed by atoms with Crippen molar-refractivity contribution in [3.8, 4) is 0 Å². The summed E-state index contributed by atoms with van der Waals surface area (Å²) in [5, 5.41) is 7.56. The zero-order valence-corrected chi connectivity index (χ0v) is 14.0. The summed E-state index contributed by atoms with van der Waals surface area (Å²) in [5.74, 6) is 0.0306. The first-order chi connectivity index (χ1) is 11.0. The summed E-state index contributed by atoms with van der Waals surface area (Å²) >= 11 is 1.30. The van der Waals surface area contributed by atoms with E-state index in [2.05, 4.69) is 15.2 Å². The average Bonchev–Trinajstić information content (AvgIpc) is 3.05. The van der Waals surface area contributed by atoms with Gasteiger partial charge in [0.2, 0.25) is 0 Å². The van der Waals surface area contributed by atoms with Gasteiger partial charge in [-0.2, -0.15) is 0 Å². The molecule has 2 heterocycles. The summed E-state index contributed by atoms with van der Waals surface area (Å²) < 4.78 is 1.52. The summed E-state index contributed by atoms with van der Waals surface area (Å²) in [6, 6.07) is 7.76. The molecule has 23 heavy (non-hydrogen) atoms. The van der Waals surface area contributed by atoms with Gasteiger partial charge in [0, 0.05) is 28.7 Å². The van der Waals surface area contributed by atoms with Gasteiger partial charge in [0.25, 0.3) is 0 Å². The lowest BCUT2D eigenvalue weighted by Crippen LogP contribution is -2.19. The number of nitrogens with zero attached hydrogens (tertiary/aromatic N) is 2. The second-order valence-corrected chi connectivity index (χ2v) is 6.66. The van der Waals surface area contributed by atoms with Gasteiger partial charge in [-0.05, 0) is 26.8 Å². The molecular formula is C16H18N4O2S. The number of thioether (sulfide) groups is 1. The van der Waals surface area contributed by atoms with Crippen molar-refractivity contribution < 1.29 is 4.79 Å². The van der Waals surface area contributed by atoms with Gasteiger partial charge in [0.1, 0.15) is 0 Å². The van der Waals surface area contributed by atoms with Gasteiger partial charge in [-0.3, -0.25) is 9.36 Å². The van der Waals surface area contributed by atoms with E-state index in [9.17, 15) is 9.59 Å². The van der Waals surface area contributed by atoms with Crippen molar-refractivity contribution in [3.63, 3.8) is 0 Å². The lowest BCUT2D eigenvalue weighted by molar-refractivity contribution is 0.0995. The Kier molecular flexibility index (Phi) is 4.12. The van der Waals surface area contributed by atoms with E-state index in [4.69, 9.17) is 0 Å². The Morgan fingerprint density at radius 3 is 2.87 bits per heavy atom. The number of aryl methyl sites for hydroxylation is 1. The minimum atomic E-state index is -0.339. The van der Waals surface area contributed by atoms with Crippen molar-refractivity contribution in [2.45, 2.75) is 37.7 Å². The Hall–Kier alpha value is -2.28. The highest BCUT2D eigenvalue weighted by atomic mass is 32.2. The van der Waals surface area contributed by atoms with Crippen LogP contribution in [0.1, 0.15) is 29.9 Å². The number of carbonyl (C=O) groups excluding carboxylic acids is 1. The molecule has 0 saturated carbocycles. The van der Waals surface area contributed by atoms with Crippen molar-refractivity contribution in [1.82, 2.24) is 19.7 Å². The summed E-state index contributed by atoms with van der Waals surface area (Å²) in [4.78, 5) is 27.8. The van der Waals surface area contributed by atoms with E-state index in [0.717, 1.165) is 16.6 Å². The summed E-state index contributed by atoms with van der Waals surface area (Å²) in [5.41, 5.74) is 2.27. The molecule has 7 heteroatoms. The Bertz CT molecular complexity index is 922. The maximum atomic E-state index is 12.9. The molecule has 0 aliphatic rings. The quantitative estimate of drug-likeness (QED) is 0.556. The number of H-pyrrole nitrogens is 2. The number of carbonyl (C=O) groups is 1. The number of para-hydroxylation sites is 1. The molecule has 1 aromatic carbocycles. The molecule has 0 fully saturated rings. The number of aromatic nitrogens is 4. The first kappa shape index (κ1) is 15.6. The molecule has 1 atom stereocenters. The molecule has 2 N–H and O–H groups in total. The number of aromatic amines is 2. The monoisotopic (exact) mass is 330 g/mol. The van der Waals surface area contributed by atoms with Crippen LogP contribution in [0.15, 0.2) is 34.2 Å². The first-order valence-electron chi connectivity index (χ1n) is 7.46. The third-order valence-electron chi connectivity index (χ3n) is 3.83. The van der Waals surface area contributed by atoms with E-state index in [1.165, 1.54) is 16.3 Å². The third kappa shape index (κ3) is 2.72. The molecule has 3 rings (SSSR count). The summed E-state index contributed by atoms with van der Waals surface area (Å²) in [6.07, 6.45) is 0. The van der Waals surface area contributed by atoms with Crippen LogP contribution in [0.5, 0.6) is 0 Å². The van der Waals surface area contributed by atoms with Gasteiger partial charge >= 0.3 is 5.69 Å². The lowest BCUT2D eigenvalue weighted by Gasteiger charge is -2.10. The molecule has 0 unspecified atom stereocenters. The Morgan fingerprint density at radius 1 is 1.39 bits per heavy atom. The van der Waals surface area contributed by atoms with Crippen molar-refractivity contribution in [3.05, 3.63) is 46.0 Å². The lowest BCUT2D eigenvalue weighted by atomic mass is 10.1. The maximum absolute atomic E-state index is 12.9. The number of Topliss-reactive ketones (excluding diaryl/α,β-unsaturated/α-hetero) is 1. The largest absolute Gasteiger partial charge is 0.358 e. The molecule has 0 amide bonds. The van der Waals surface area contributed by atoms with Crippen molar-refractivity contribution in [1.29, 1.82) is 0 Å². The van der Waals surface area contributed by atoms with Crippen LogP contribution < -0.4 is 5.69 Å². The van der Waals surface area contributed by atoms with Crippen molar-refractivity contribution in [2.24, 2.45) is 0 Å². The van der Waals surface area contributed by atoms with Crippen LogP contribution in [0.25, 0.3) is 10.9 Å². The average molecular weight is 330 g/mol. The fourth-order valence-corrected chi connectivity index (χ4v) is 3.66. The fraction of sp³-hybridized carbons (Fsp3) is 0.312. The highest BCUT2D eigenvalue weighted by Gasteiger charge is 2.24. The third-order valence-corrected chi connectivity index (χ3v) is 4.92. The Morgan fingerprint density at radius 2 is 2.13 bits per heavy atom. The molecule has 3 aromatic rings. The van der Waals surface area contributed by atoms with Gasteiger partial charge in [-0.1, -0.05) is 30.0 Å². The van der Waals surface area contributed by atoms with Crippen LogP contribution >= 0.6 is 11.8 Å². The summed E-state index contributed by atoms with van der Waals surface area (Å²) in [7, 11) is 0. The maximum Gasteiger partial charge on any atom is 0.343 e. The van der Waals surface area contributed by atoms with Crippen LogP contribution in [0.2, 0.25) is 0 Å². The van der Waals surface area contributed by atoms with E-state index in [0.29, 0.717) is 17.3 Å². The van der Waals surface area contributed by atoms with Gasteiger partial charge in [-0.15, -0.1) is 5.10 Å². The minimum Gasteiger partial charge on any atom is -0.358 e. The fourth-order valence-electron chi connectivity index (χ4n) is 2.68. The number of nitrogens with one attached hydrogen (secondary N) is 2. The number of hydrogen-bond donors (Lipinski definition) is 2. The molecular weight excluding hydrogens is 312 g/mol. The van der Waals surface area contributed by atoms with E-state index in [1.807, 2.05) is 45.0 Å². The smallest absolute Gasteiger partial charge is 0.343 e. The van der Waals surface area contributed by atoms with E-state index < -0.39 is 0 Å². The predicted octanol–water partition coefficient (Wildman–Crippen LogP) is 2.74. The van der Waals surface area contributed by atoms with Crippen molar-refractivity contribution >= 4 is 28.4 Å². The standard InChI is InChI=1S/C16H18N4O2S/c1-4-20-15(22)18-19-16(20)23-10(3)14(21)13-9(2)17-12-8-6-5-7-11(12)13/h5-8,10,17H,4H2,1-3H3,(H,18,22)/t10-/m0/s1. The molecule has 6 nitrogen and oxygen atoms in total. The molecule has 0 bridgehead atoms. The van der Waals surface area contributed by atoms with Crippen LogP contribution in [-0.4, -0.2) is 30.8 Å². The van der Waals surface area contributed by atoms with Crippen LogP contribution in [0.3, 0.4) is 0 Å². The van der Waals surface area contributed by atoms with Crippen molar-refractivity contribution in [2.75, 3.05) is 0 Å². The van der Waals surface area contributed by atoms with Gasteiger partial charge in [0.15, 0.2) is 10.9 Å². The number of hydrogen-bond acceptors (Lipinski definition) is 4. The molecule has 0 spiro atoms. The SMILES string of the molecule is CCn1c(S[C@@H](C)C(=O)c2c(C)[nH]c3ccccc23)n[nH]c1=O. The second-order valence-electron chi connectivity index (χ2n) is 5.35. The zero-order valence-electron chi connectivity index (χ0n) is 13.2. The van der Waals surface area contributed by atoms with Crippen LogP contribution in [0, 0.1) is 6.92 Å². The van der Waals surface area contributed by atoms with Gasteiger partial charge in [-0.25, -0.2) is 9.89 Å². The van der Waals surface area contributed by atoms with Crippen LogP contribution in [-0.2, 0) is 6.54 Å². The van der Waals surface area contributed by atoms with E-state index in [1.54, 1.807) is 0 Å². The van der Waals surface area contributed by atoms with Gasteiger partial charge in [0.05, 0.1) is 5.25 Å². The number of benzene rings is 1. The number of ketones is 1. The Balaban J connectivity index is 1.92. The van der Waals surface area contributed by atoms with Crippen LogP contribution in [0.4, 0.5) is 0 Å². The highest BCUT2D eigenvalue weighted by Crippen LogP contribution is 2.28. The van der Waals surface area contributed by atoms with Gasteiger partial charge < -0.3 is 4.98 Å². The second kappa shape index (κ2) is 6.08. The normalized spacial score (nSPS) is 12.7. The molecule has 0 radical (unpaired) electrons. The Labute approximate surface area is 137 Å². The zero-order chi connectivity index (χ0) is 16.6. The topological polar surface area (TPSA) is 83.5 Å². The molecule has 2 aromatic heterocycles. The highest BCUT2D eigenvalue weighted by molar-refractivity contribution is 8.00. The number of rotatable bonds is 5. The minimum absolute atomic E-state index is 0.0306. The molecule has 0 saturated heterocycles.